The predicted octanol–water partition coefficient (Wildman–Crippen LogP) is 1.98. The Bertz CT molecular complexity index is 595. The summed E-state index contributed by atoms with van der Waals surface area (Å²) >= 11 is 0. The fourth-order valence-corrected chi connectivity index (χ4v) is 4.75. The van der Waals surface area contributed by atoms with E-state index in [0.717, 1.165) is 38.8 Å². The van der Waals surface area contributed by atoms with E-state index in [2.05, 4.69) is 5.32 Å². The van der Waals surface area contributed by atoms with Crippen molar-refractivity contribution in [2.75, 3.05) is 19.6 Å². The van der Waals surface area contributed by atoms with Gasteiger partial charge in [-0.25, -0.2) is 12.8 Å². The minimum atomic E-state index is -3.74. The lowest BCUT2D eigenvalue weighted by Gasteiger charge is -2.29. The van der Waals surface area contributed by atoms with Gasteiger partial charge in [-0.1, -0.05) is 12.1 Å². The molecule has 116 valence electrons. The van der Waals surface area contributed by atoms with E-state index in [9.17, 15) is 12.8 Å². The molecule has 1 aliphatic carbocycles. The van der Waals surface area contributed by atoms with E-state index in [1.807, 2.05) is 0 Å². The fourth-order valence-electron chi connectivity index (χ4n) is 2.92. The van der Waals surface area contributed by atoms with Crippen molar-refractivity contribution in [1.82, 2.24) is 9.62 Å². The van der Waals surface area contributed by atoms with Gasteiger partial charge in [-0.15, -0.1) is 0 Å². The normalized spacial score (nSPS) is 23.4. The zero-order valence-electron chi connectivity index (χ0n) is 12.0. The molecule has 1 atom stereocenters. The molecule has 3 rings (SSSR count). The van der Waals surface area contributed by atoms with Crippen molar-refractivity contribution >= 4 is 10.0 Å². The molecule has 1 aromatic carbocycles. The summed E-state index contributed by atoms with van der Waals surface area (Å²) < 4.78 is 41.0. The Morgan fingerprint density at radius 2 is 2.00 bits per heavy atom. The molecule has 2 aliphatic rings. The van der Waals surface area contributed by atoms with E-state index < -0.39 is 15.8 Å². The summed E-state index contributed by atoms with van der Waals surface area (Å²) in [5, 5.41) is 3.31. The third-order valence-corrected chi connectivity index (χ3v) is 6.17. The van der Waals surface area contributed by atoms with Crippen LogP contribution in [0.15, 0.2) is 29.2 Å². The van der Waals surface area contributed by atoms with Crippen molar-refractivity contribution in [2.24, 2.45) is 5.92 Å². The first-order valence-corrected chi connectivity index (χ1v) is 9.00. The molecule has 1 saturated heterocycles. The average molecular weight is 312 g/mol. The summed E-state index contributed by atoms with van der Waals surface area (Å²) in [5.74, 6) is -0.342. The number of benzene rings is 1. The molecule has 1 heterocycles. The molecule has 1 unspecified atom stereocenters. The third-order valence-electron chi connectivity index (χ3n) is 4.21. The van der Waals surface area contributed by atoms with E-state index in [1.165, 1.54) is 22.5 Å². The topological polar surface area (TPSA) is 49.4 Å². The highest BCUT2D eigenvalue weighted by Gasteiger charge is 2.40. The van der Waals surface area contributed by atoms with Crippen LogP contribution in [0.3, 0.4) is 0 Å². The van der Waals surface area contributed by atoms with Gasteiger partial charge in [0.2, 0.25) is 10.0 Å². The van der Waals surface area contributed by atoms with Crippen molar-refractivity contribution in [3.63, 3.8) is 0 Å². The van der Waals surface area contributed by atoms with Crippen molar-refractivity contribution in [2.45, 2.75) is 36.6 Å². The highest BCUT2D eigenvalue weighted by atomic mass is 32.2. The van der Waals surface area contributed by atoms with Crippen molar-refractivity contribution in [3.05, 3.63) is 30.1 Å². The lowest BCUT2D eigenvalue weighted by Crippen LogP contribution is -2.42. The van der Waals surface area contributed by atoms with E-state index in [-0.39, 0.29) is 10.9 Å². The molecule has 0 amide bonds. The van der Waals surface area contributed by atoms with Gasteiger partial charge in [-0.05, 0) is 56.8 Å². The first kappa shape index (κ1) is 14.9. The van der Waals surface area contributed by atoms with E-state index in [4.69, 9.17) is 0 Å². The molecule has 6 heteroatoms. The smallest absolute Gasteiger partial charge is 0.246 e. The standard InChI is InChI=1S/C15H21FN2O2S/c16-14-5-1-2-6-15(14)21(19,20)18(13-7-8-13)11-12-4-3-9-17-10-12/h1-2,5-6,12-13,17H,3-4,7-11H2. The van der Waals surface area contributed by atoms with E-state index in [0.29, 0.717) is 12.5 Å². The van der Waals surface area contributed by atoms with Gasteiger partial charge in [-0.3, -0.25) is 0 Å². The molecule has 1 aliphatic heterocycles. The first-order chi connectivity index (χ1) is 10.1. The Balaban J connectivity index is 1.84. The molecule has 1 aromatic rings. The molecular formula is C15H21FN2O2S. The van der Waals surface area contributed by atoms with Crippen LogP contribution in [0.4, 0.5) is 4.39 Å². The molecule has 1 N–H and O–H groups in total. The van der Waals surface area contributed by atoms with Gasteiger partial charge < -0.3 is 5.32 Å². The van der Waals surface area contributed by atoms with Crippen molar-refractivity contribution < 1.29 is 12.8 Å². The third kappa shape index (κ3) is 3.27. The number of nitrogens with zero attached hydrogens (tertiary/aromatic N) is 1. The van der Waals surface area contributed by atoms with Crippen LogP contribution >= 0.6 is 0 Å². The molecular weight excluding hydrogens is 291 g/mol. The first-order valence-electron chi connectivity index (χ1n) is 7.56. The Morgan fingerprint density at radius 1 is 1.24 bits per heavy atom. The molecule has 2 fully saturated rings. The van der Waals surface area contributed by atoms with Gasteiger partial charge in [-0.2, -0.15) is 4.31 Å². The second kappa shape index (κ2) is 6.02. The highest BCUT2D eigenvalue weighted by molar-refractivity contribution is 7.89. The molecule has 4 nitrogen and oxygen atoms in total. The molecule has 0 spiro atoms. The van der Waals surface area contributed by atoms with Crippen molar-refractivity contribution in [3.8, 4) is 0 Å². The molecule has 1 saturated carbocycles. The van der Waals surface area contributed by atoms with Crippen LogP contribution in [0.25, 0.3) is 0 Å². The maximum Gasteiger partial charge on any atom is 0.246 e. The second-order valence-corrected chi connectivity index (χ2v) is 7.81. The summed E-state index contributed by atoms with van der Waals surface area (Å²) in [4.78, 5) is -0.194. The number of nitrogens with one attached hydrogen (secondary N) is 1. The Morgan fingerprint density at radius 3 is 2.62 bits per heavy atom. The zero-order chi connectivity index (χ0) is 14.9. The Labute approximate surface area is 125 Å². The predicted molar refractivity (Wildman–Crippen MR) is 78.9 cm³/mol. The van der Waals surface area contributed by atoms with Crippen LogP contribution in [0.2, 0.25) is 0 Å². The summed E-state index contributed by atoms with van der Waals surface area (Å²) in [5.41, 5.74) is 0. The molecule has 0 radical (unpaired) electrons. The minimum Gasteiger partial charge on any atom is -0.316 e. The maximum absolute atomic E-state index is 13.9. The minimum absolute atomic E-state index is 0.0523. The van der Waals surface area contributed by atoms with E-state index in [1.54, 1.807) is 6.07 Å². The molecule has 21 heavy (non-hydrogen) atoms. The summed E-state index contributed by atoms with van der Waals surface area (Å²) in [6.07, 6.45) is 3.87. The van der Waals surface area contributed by atoms with Crippen LogP contribution in [0.1, 0.15) is 25.7 Å². The summed E-state index contributed by atoms with van der Waals surface area (Å²) in [6, 6.07) is 5.71. The number of piperidine rings is 1. The number of sulfonamides is 1. The number of halogens is 1. The SMILES string of the molecule is O=S(=O)(c1ccccc1F)N(CC1CCCNC1)C1CC1. The van der Waals surface area contributed by atoms with Gasteiger partial charge in [0.1, 0.15) is 10.7 Å². The average Bonchev–Trinajstić information content (AvgIpc) is 3.30. The lowest BCUT2D eigenvalue weighted by molar-refractivity contribution is 0.286. The van der Waals surface area contributed by atoms with Gasteiger partial charge in [0, 0.05) is 12.6 Å². The summed E-state index contributed by atoms with van der Waals surface area (Å²) in [6.45, 7) is 2.34. The maximum atomic E-state index is 13.9. The van der Waals surface area contributed by atoms with Crippen LogP contribution in [0.5, 0.6) is 0 Å². The second-order valence-electron chi connectivity index (χ2n) is 5.95. The van der Waals surface area contributed by atoms with Gasteiger partial charge in [0.15, 0.2) is 0 Å². The monoisotopic (exact) mass is 312 g/mol. The van der Waals surface area contributed by atoms with Crippen LogP contribution < -0.4 is 5.32 Å². The zero-order valence-corrected chi connectivity index (χ0v) is 12.8. The van der Waals surface area contributed by atoms with Gasteiger partial charge >= 0.3 is 0 Å². The van der Waals surface area contributed by atoms with Crippen LogP contribution in [-0.2, 0) is 10.0 Å². The van der Waals surface area contributed by atoms with Gasteiger partial charge in [0.05, 0.1) is 0 Å². The van der Waals surface area contributed by atoms with Crippen molar-refractivity contribution in [1.29, 1.82) is 0 Å². The summed E-state index contributed by atoms with van der Waals surface area (Å²) in [7, 11) is -3.74. The number of rotatable bonds is 5. The quantitative estimate of drug-likeness (QED) is 0.904. The number of hydrogen-bond donors (Lipinski definition) is 1. The lowest BCUT2D eigenvalue weighted by atomic mass is 10.00. The fraction of sp³-hybridized carbons (Fsp3) is 0.600. The molecule has 0 aromatic heterocycles. The number of hydrogen-bond acceptors (Lipinski definition) is 3. The van der Waals surface area contributed by atoms with Gasteiger partial charge in [0.25, 0.3) is 0 Å². The Hall–Kier alpha value is -0.980. The van der Waals surface area contributed by atoms with Crippen LogP contribution in [0, 0.1) is 11.7 Å². The van der Waals surface area contributed by atoms with E-state index >= 15 is 0 Å². The van der Waals surface area contributed by atoms with Crippen LogP contribution in [-0.4, -0.2) is 38.4 Å². The Kier molecular flexibility index (Phi) is 4.28. The highest BCUT2D eigenvalue weighted by Crippen LogP contribution is 2.34. The molecule has 0 bridgehead atoms. The largest absolute Gasteiger partial charge is 0.316 e.